The number of rotatable bonds is 1. The molecule has 0 radical (unpaired) electrons. The molecule has 0 aromatic heterocycles. The van der Waals surface area contributed by atoms with Crippen molar-refractivity contribution < 1.29 is 29.4 Å². The molecule has 1 rings (SSSR count). The van der Waals surface area contributed by atoms with Crippen molar-refractivity contribution in [1.29, 1.82) is 0 Å². The SMILES string of the molecule is O=C(O)O.O=P(O)(O)c1ccccc1. The molecule has 6 nitrogen and oxygen atoms in total. The van der Waals surface area contributed by atoms with Crippen molar-refractivity contribution in [3.8, 4) is 0 Å². The minimum atomic E-state index is -4.02. The second-order valence-electron chi connectivity index (χ2n) is 2.16. The van der Waals surface area contributed by atoms with Gasteiger partial charge in [-0.05, 0) is 12.1 Å². The van der Waals surface area contributed by atoms with Gasteiger partial charge in [-0.1, -0.05) is 18.2 Å². The lowest BCUT2D eigenvalue weighted by atomic mass is 10.4. The quantitative estimate of drug-likeness (QED) is 0.518. The number of carbonyl (C=O) groups is 1. The summed E-state index contributed by atoms with van der Waals surface area (Å²) in [6.45, 7) is 0. The van der Waals surface area contributed by atoms with Gasteiger partial charge in [0.15, 0.2) is 0 Å². The van der Waals surface area contributed by atoms with Crippen LogP contribution in [0.1, 0.15) is 0 Å². The first-order valence-corrected chi connectivity index (χ1v) is 4.98. The maximum Gasteiger partial charge on any atom is 0.503 e. The monoisotopic (exact) mass is 220 g/mol. The topological polar surface area (TPSA) is 115 Å². The Kier molecular flexibility index (Phi) is 4.86. The molecule has 7 heteroatoms. The third-order valence-electron chi connectivity index (χ3n) is 1.09. The second-order valence-corrected chi connectivity index (χ2v) is 3.77. The fourth-order valence-electron chi connectivity index (χ4n) is 0.622. The van der Waals surface area contributed by atoms with Crippen molar-refractivity contribution in [1.82, 2.24) is 0 Å². The Morgan fingerprint density at radius 3 is 1.64 bits per heavy atom. The maximum absolute atomic E-state index is 10.5. The molecule has 78 valence electrons. The van der Waals surface area contributed by atoms with Gasteiger partial charge in [-0.15, -0.1) is 0 Å². The highest BCUT2D eigenvalue weighted by atomic mass is 31.2. The Labute approximate surface area is 79.6 Å². The molecule has 0 amide bonds. The van der Waals surface area contributed by atoms with Crippen LogP contribution in [0, 0.1) is 0 Å². The van der Waals surface area contributed by atoms with Gasteiger partial charge in [0, 0.05) is 0 Å². The van der Waals surface area contributed by atoms with Gasteiger partial charge in [-0.3, -0.25) is 4.57 Å². The molecule has 0 aliphatic rings. The van der Waals surface area contributed by atoms with Crippen molar-refractivity contribution in [2.75, 3.05) is 0 Å². The lowest BCUT2D eigenvalue weighted by Gasteiger charge is -2.00. The number of hydrogen-bond donors (Lipinski definition) is 4. The van der Waals surface area contributed by atoms with Crippen LogP contribution in [0.5, 0.6) is 0 Å². The van der Waals surface area contributed by atoms with E-state index in [0.717, 1.165) is 0 Å². The van der Waals surface area contributed by atoms with E-state index in [1.54, 1.807) is 18.2 Å². The van der Waals surface area contributed by atoms with Crippen LogP contribution in [0.15, 0.2) is 30.3 Å². The third-order valence-corrected chi connectivity index (χ3v) is 2.06. The highest BCUT2D eigenvalue weighted by molar-refractivity contribution is 7.60. The van der Waals surface area contributed by atoms with Gasteiger partial charge in [0.25, 0.3) is 0 Å². The molecule has 1 aromatic rings. The summed E-state index contributed by atoms with van der Waals surface area (Å²) >= 11 is 0. The van der Waals surface area contributed by atoms with E-state index in [2.05, 4.69) is 0 Å². The second kappa shape index (κ2) is 5.39. The van der Waals surface area contributed by atoms with E-state index < -0.39 is 13.8 Å². The number of hydrogen-bond acceptors (Lipinski definition) is 2. The molecular weight excluding hydrogens is 211 g/mol. The van der Waals surface area contributed by atoms with E-state index in [-0.39, 0.29) is 5.30 Å². The molecule has 0 saturated carbocycles. The van der Waals surface area contributed by atoms with Gasteiger partial charge in [0.2, 0.25) is 0 Å². The van der Waals surface area contributed by atoms with Gasteiger partial charge >= 0.3 is 13.8 Å². The molecule has 0 saturated heterocycles. The fourth-order valence-corrected chi connectivity index (χ4v) is 1.18. The summed E-state index contributed by atoms with van der Waals surface area (Å²) in [6, 6.07) is 7.70. The minimum Gasteiger partial charge on any atom is -0.450 e. The van der Waals surface area contributed by atoms with Gasteiger partial charge in [0.05, 0.1) is 5.30 Å². The molecule has 0 fully saturated rings. The van der Waals surface area contributed by atoms with E-state index in [4.69, 9.17) is 24.8 Å². The van der Waals surface area contributed by atoms with Crippen LogP contribution < -0.4 is 5.30 Å². The smallest absolute Gasteiger partial charge is 0.450 e. The van der Waals surface area contributed by atoms with Gasteiger partial charge in [-0.25, -0.2) is 4.79 Å². The molecule has 14 heavy (non-hydrogen) atoms. The van der Waals surface area contributed by atoms with E-state index in [9.17, 15) is 4.57 Å². The summed E-state index contributed by atoms with van der Waals surface area (Å²) in [7, 11) is -4.02. The number of benzene rings is 1. The first-order chi connectivity index (χ1) is 6.34. The highest BCUT2D eigenvalue weighted by Crippen LogP contribution is 2.32. The van der Waals surface area contributed by atoms with Crippen LogP contribution in [0.2, 0.25) is 0 Å². The predicted molar refractivity (Wildman–Crippen MR) is 48.8 cm³/mol. The zero-order valence-corrected chi connectivity index (χ0v) is 7.83. The van der Waals surface area contributed by atoms with E-state index >= 15 is 0 Å². The summed E-state index contributed by atoms with van der Waals surface area (Å²) in [5.74, 6) is 0. The molecule has 0 atom stereocenters. The van der Waals surface area contributed by atoms with E-state index in [1.165, 1.54) is 12.1 Å². The van der Waals surface area contributed by atoms with Crippen molar-refractivity contribution in [2.24, 2.45) is 0 Å². The van der Waals surface area contributed by atoms with Crippen molar-refractivity contribution in [3.05, 3.63) is 30.3 Å². The molecule has 0 spiro atoms. The molecule has 0 unspecified atom stereocenters. The van der Waals surface area contributed by atoms with Crippen LogP contribution in [0.4, 0.5) is 4.79 Å². The normalized spacial score (nSPS) is 9.86. The van der Waals surface area contributed by atoms with Crippen molar-refractivity contribution in [3.63, 3.8) is 0 Å². The fraction of sp³-hybridized carbons (Fsp3) is 0. The van der Waals surface area contributed by atoms with Gasteiger partial charge < -0.3 is 20.0 Å². The Hall–Kier alpha value is -1.36. The minimum absolute atomic E-state index is 0.0648. The first-order valence-electron chi connectivity index (χ1n) is 3.37. The van der Waals surface area contributed by atoms with Crippen LogP contribution in [-0.4, -0.2) is 26.2 Å². The summed E-state index contributed by atoms with van der Waals surface area (Å²) in [6.07, 6.45) is -1.83. The van der Waals surface area contributed by atoms with Gasteiger partial charge in [-0.2, -0.15) is 0 Å². The van der Waals surface area contributed by atoms with Crippen molar-refractivity contribution in [2.45, 2.75) is 0 Å². The lowest BCUT2D eigenvalue weighted by molar-refractivity contribution is 0.137. The molecule has 0 bridgehead atoms. The van der Waals surface area contributed by atoms with E-state index in [0.29, 0.717) is 0 Å². The first kappa shape index (κ1) is 12.6. The molecule has 0 heterocycles. The zero-order valence-electron chi connectivity index (χ0n) is 6.94. The average molecular weight is 220 g/mol. The maximum atomic E-state index is 10.5. The van der Waals surface area contributed by atoms with Crippen LogP contribution in [0.3, 0.4) is 0 Å². The standard InChI is InChI=1S/C6H7O3P.CH2O3/c7-10(8,9)6-4-2-1-3-5-6;2-1(3)4/h1-5H,(H2,7,8,9);(H2,2,3,4). The summed E-state index contributed by atoms with van der Waals surface area (Å²) in [5.41, 5.74) is 0. The zero-order chi connectivity index (χ0) is 11.2. The summed E-state index contributed by atoms with van der Waals surface area (Å²) in [5, 5.41) is 14.0. The van der Waals surface area contributed by atoms with Crippen molar-refractivity contribution >= 4 is 19.1 Å². The average Bonchev–Trinajstić information content (AvgIpc) is 2.03. The molecular formula is C7H9O6P. The summed E-state index contributed by atoms with van der Waals surface area (Å²) in [4.78, 5) is 25.8. The lowest BCUT2D eigenvalue weighted by Crippen LogP contribution is -2.01. The molecule has 0 aliphatic heterocycles. The summed E-state index contributed by atoms with van der Waals surface area (Å²) < 4.78 is 10.5. The van der Waals surface area contributed by atoms with Crippen LogP contribution in [-0.2, 0) is 4.57 Å². The Balaban J connectivity index is 0.000000364. The number of carboxylic acid groups (broad SMARTS) is 2. The molecule has 4 N–H and O–H groups in total. The third kappa shape index (κ3) is 6.19. The van der Waals surface area contributed by atoms with Crippen LogP contribution in [0.25, 0.3) is 0 Å². The Bertz CT molecular complexity index is 325. The molecule has 1 aromatic carbocycles. The van der Waals surface area contributed by atoms with Gasteiger partial charge in [0.1, 0.15) is 0 Å². The van der Waals surface area contributed by atoms with Crippen LogP contribution >= 0.6 is 7.60 Å². The Morgan fingerprint density at radius 2 is 1.43 bits per heavy atom. The Morgan fingerprint density at radius 1 is 1.07 bits per heavy atom. The highest BCUT2D eigenvalue weighted by Gasteiger charge is 2.14. The molecule has 0 aliphatic carbocycles. The largest absolute Gasteiger partial charge is 0.503 e. The van der Waals surface area contributed by atoms with E-state index in [1.807, 2.05) is 0 Å². The predicted octanol–water partition coefficient (Wildman–Crippen LogP) is 0.712.